The summed E-state index contributed by atoms with van der Waals surface area (Å²) in [5.74, 6) is 1.33. The zero-order valence-corrected chi connectivity index (χ0v) is 18.9. The molecular weight excluding hydrogens is 390 g/mol. The number of nitrogens with zero attached hydrogens (tertiary/aromatic N) is 2. The molecule has 1 N–H and O–H groups in total. The second-order valence-corrected chi connectivity index (χ2v) is 8.57. The highest BCUT2D eigenvalue weighted by atomic mass is 16.5. The SMILES string of the molecule is CC(=O)N(C)C1CCN(c2ccc(NC(=O)c3ccc(OCCC(C)C)cc3)cc2)C1. The third-order valence-corrected chi connectivity index (χ3v) is 5.78. The molecule has 2 amide bonds. The first kappa shape index (κ1) is 22.7. The Hall–Kier alpha value is -3.02. The third-order valence-electron chi connectivity index (χ3n) is 5.78. The lowest BCUT2D eigenvalue weighted by molar-refractivity contribution is -0.129. The fourth-order valence-electron chi connectivity index (χ4n) is 3.62. The van der Waals surface area contributed by atoms with Gasteiger partial charge in [-0.05, 0) is 67.3 Å². The maximum atomic E-state index is 12.6. The zero-order chi connectivity index (χ0) is 22.4. The van der Waals surface area contributed by atoms with Crippen molar-refractivity contribution in [3.05, 3.63) is 54.1 Å². The van der Waals surface area contributed by atoms with Gasteiger partial charge in [0.2, 0.25) is 5.91 Å². The van der Waals surface area contributed by atoms with Crippen molar-refractivity contribution in [1.29, 1.82) is 0 Å². The fraction of sp³-hybridized carbons (Fsp3) is 0.440. The van der Waals surface area contributed by atoms with Crippen LogP contribution in [0.5, 0.6) is 5.75 Å². The highest BCUT2D eigenvalue weighted by Crippen LogP contribution is 2.24. The second kappa shape index (κ2) is 10.3. The van der Waals surface area contributed by atoms with Gasteiger partial charge in [0.15, 0.2) is 0 Å². The minimum absolute atomic E-state index is 0.0973. The number of carbonyl (C=O) groups is 2. The van der Waals surface area contributed by atoms with E-state index in [1.165, 1.54) is 0 Å². The lowest BCUT2D eigenvalue weighted by Gasteiger charge is -2.24. The molecule has 1 atom stereocenters. The van der Waals surface area contributed by atoms with E-state index in [1.807, 2.05) is 48.3 Å². The van der Waals surface area contributed by atoms with Crippen molar-refractivity contribution in [3.8, 4) is 5.75 Å². The summed E-state index contributed by atoms with van der Waals surface area (Å²) < 4.78 is 5.71. The Bertz CT molecular complexity index is 878. The average molecular weight is 424 g/mol. The van der Waals surface area contributed by atoms with E-state index < -0.39 is 0 Å². The van der Waals surface area contributed by atoms with Gasteiger partial charge in [-0.15, -0.1) is 0 Å². The molecule has 1 fully saturated rings. The number of benzene rings is 2. The van der Waals surface area contributed by atoms with Gasteiger partial charge in [0.05, 0.1) is 12.6 Å². The van der Waals surface area contributed by atoms with E-state index in [4.69, 9.17) is 4.74 Å². The number of anilines is 2. The van der Waals surface area contributed by atoms with Crippen LogP contribution in [0.3, 0.4) is 0 Å². The smallest absolute Gasteiger partial charge is 0.255 e. The summed E-state index contributed by atoms with van der Waals surface area (Å²) in [5.41, 5.74) is 2.44. The van der Waals surface area contributed by atoms with Crippen LogP contribution in [-0.2, 0) is 4.79 Å². The molecule has 0 bridgehead atoms. The van der Waals surface area contributed by atoms with Crippen molar-refractivity contribution in [2.24, 2.45) is 5.92 Å². The first-order valence-electron chi connectivity index (χ1n) is 11.0. The maximum Gasteiger partial charge on any atom is 0.255 e. The van der Waals surface area contributed by atoms with Gasteiger partial charge in [-0.25, -0.2) is 0 Å². The van der Waals surface area contributed by atoms with Gasteiger partial charge >= 0.3 is 0 Å². The Morgan fingerprint density at radius 3 is 2.42 bits per heavy atom. The summed E-state index contributed by atoms with van der Waals surface area (Å²) in [5, 5.41) is 2.94. The first-order chi connectivity index (χ1) is 14.8. The van der Waals surface area contributed by atoms with Crippen LogP contribution in [0, 0.1) is 5.92 Å². The number of ether oxygens (including phenoxy) is 1. The molecule has 0 spiro atoms. The van der Waals surface area contributed by atoms with Crippen LogP contribution in [0.2, 0.25) is 0 Å². The normalized spacial score (nSPS) is 15.8. The number of rotatable bonds is 8. The topological polar surface area (TPSA) is 61.9 Å². The lowest BCUT2D eigenvalue weighted by atomic mass is 10.1. The van der Waals surface area contributed by atoms with Gasteiger partial charge in [0.1, 0.15) is 5.75 Å². The van der Waals surface area contributed by atoms with E-state index in [0.29, 0.717) is 18.1 Å². The molecule has 1 heterocycles. The summed E-state index contributed by atoms with van der Waals surface area (Å²) in [6.45, 7) is 8.36. The van der Waals surface area contributed by atoms with Gasteiger partial charge < -0.3 is 19.9 Å². The fourth-order valence-corrected chi connectivity index (χ4v) is 3.62. The van der Waals surface area contributed by atoms with Crippen LogP contribution >= 0.6 is 0 Å². The minimum Gasteiger partial charge on any atom is -0.494 e. The number of likely N-dealkylation sites (N-methyl/N-ethyl adjacent to an activating group) is 1. The van der Waals surface area contributed by atoms with Gasteiger partial charge in [-0.3, -0.25) is 9.59 Å². The molecule has 1 unspecified atom stereocenters. The van der Waals surface area contributed by atoms with Crippen LogP contribution in [0.25, 0.3) is 0 Å². The van der Waals surface area contributed by atoms with Crippen LogP contribution in [0.4, 0.5) is 11.4 Å². The molecule has 6 nitrogen and oxygen atoms in total. The van der Waals surface area contributed by atoms with Crippen molar-refractivity contribution in [1.82, 2.24) is 4.90 Å². The van der Waals surface area contributed by atoms with Crippen LogP contribution in [0.1, 0.15) is 44.0 Å². The molecule has 31 heavy (non-hydrogen) atoms. The summed E-state index contributed by atoms with van der Waals surface area (Å²) >= 11 is 0. The monoisotopic (exact) mass is 423 g/mol. The van der Waals surface area contributed by atoms with Crippen molar-refractivity contribution >= 4 is 23.2 Å². The number of hydrogen-bond donors (Lipinski definition) is 1. The Labute approximate surface area is 185 Å². The molecule has 0 aromatic heterocycles. The third kappa shape index (κ3) is 6.23. The molecule has 0 radical (unpaired) electrons. The van der Waals surface area contributed by atoms with Gasteiger partial charge in [-0.1, -0.05) is 13.8 Å². The Kier molecular flexibility index (Phi) is 7.55. The van der Waals surface area contributed by atoms with E-state index in [1.54, 1.807) is 19.1 Å². The quantitative estimate of drug-likeness (QED) is 0.683. The van der Waals surface area contributed by atoms with Crippen LogP contribution in [0.15, 0.2) is 48.5 Å². The molecule has 1 saturated heterocycles. The largest absolute Gasteiger partial charge is 0.494 e. The second-order valence-electron chi connectivity index (χ2n) is 8.57. The summed E-state index contributed by atoms with van der Waals surface area (Å²) in [4.78, 5) is 28.2. The van der Waals surface area contributed by atoms with E-state index in [-0.39, 0.29) is 17.9 Å². The minimum atomic E-state index is -0.147. The van der Waals surface area contributed by atoms with Crippen molar-refractivity contribution in [2.45, 2.75) is 39.7 Å². The average Bonchev–Trinajstić information content (AvgIpc) is 3.24. The molecule has 1 aliphatic rings. The van der Waals surface area contributed by atoms with E-state index >= 15 is 0 Å². The van der Waals surface area contributed by atoms with E-state index in [2.05, 4.69) is 24.1 Å². The Balaban J connectivity index is 1.53. The molecule has 1 aliphatic heterocycles. The molecule has 6 heteroatoms. The molecule has 166 valence electrons. The zero-order valence-electron chi connectivity index (χ0n) is 18.9. The molecule has 3 rings (SSSR count). The molecular formula is C25H33N3O3. The summed E-state index contributed by atoms with van der Waals surface area (Å²) in [6, 6.07) is 15.3. The highest BCUT2D eigenvalue weighted by Gasteiger charge is 2.27. The molecule has 2 aromatic rings. The summed E-state index contributed by atoms with van der Waals surface area (Å²) in [7, 11) is 1.86. The number of amides is 2. The molecule has 2 aromatic carbocycles. The standard InChI is InChI=1S/C25H33N3O3/c1-18(2)14-16-31-24-11-5-20(6-12-24)25(30)26-21-7-9-22(10-8-21)28-15-13-23(17-28)27(4)19(3)29/h5-12,18,23H,13-17H2,1-4H3,(H,26,30). The lowest BCUT2D eigenvalue weighted by Crippen LogP contribution is -2.37. The predicted molar refractivity (Wildman–Crippen MR) is 125 cm³/mol. The van der Waals surface area contributed by atoms with Gasteiger partial charge in [0, 0.05) is 44.0 Å². The molecule has 0 aliphatic carbocycles. The molecule has 0 saturated carbocycles. The maximum absolute atomic E-state index is 12.6. The number of nitrogens with one attached hydrogen (secondary N) is 1. The van der Waals surface area contributed by atoms with Crippen LogP contribution < -0.4 is 15.0 Å². The van der Waals surface area contributed by atoms with Gasteiger partial charge in [0.25, 0.3) is 5.91 Å². The Morgan fingerprint density at radius 1 is 1.13 bits per heavy atom. The number of carbonyl (C=O) groups excluding carboxylic acids is 2. The first-order valence-corrected chi connectivity index (χ1v) is 11.0. The van der Waals surface area contributed by atoms with E-state index in [9.17, 15) is 9.59 Å². The number of hydrogen-bond acceptors (Lipinski definition) is 4. The van der Waals surface area contributed by atoms with Crippen molar-refractivity contribution < 1.29 is 14.3 Å². The van der Waals surface area contributed by atoms with E-state index in [0.717, 1.165) is 43.1 Å². The Morgan fingerprint density at radius 2 is 1.81 bits per heavy atom. The van der Waals surface area contributed by atoms with Crippen LogP contribution in [-0.4, -0.2) is 49.5 Å². The summed E-state index contributed by atoms with van der Waals surface area (Å²) in [6.07, 6.45) is 1.97. The predicted octanol–water partition coefficient (Wildman–Crippen LogP) is 4.42. The van der Waals surface area contributed by atoms with Crippen molar-refractivity contribution in [3.63, 3.8) is 0 Å². The highest BCUT2D eigenvalue weighted by molar-refractivity contribution is 6.04. The van der Waals surface area contributed by atoms with Gasteiger partial charge in [-0.2, -0.15) is 0 Å². The van der Waals surface area contributed by atoms with Crippen molar-refractivity contribution in [2.75, 3.05) is 37.0 Å².